The molecule has 0 atom stereocenters. The van der Waals surface area contributed by atoms with E-state index in [9.17, 15) is 0 Å². The Morgan fingerprint density at radius 2 is 0.741 bits per heavy atom. The summed E-state index contributed by atoms with van der Waals surface area (Å²) in [6.45, 7) is 14.0. The van der Waals surface area contributed by atoms with Crippen molar-refractivity contribution in [3.05, 3.63) is 230 Å². The minimum atomic E-state index is -0.118. The molecule has 19 rings (SSSR count). The van der Waals surface area contributed by atoms with Crippen LogP contribution in [0.15, 0.2) is 218 Å². The highest BCUT2D eigenvalue weighted by atomic mass is 15.3. The van der Waals surface area contributed by atoms with E-state index in [4.69, 9.17) is 15.0 Å². The average Bonchev–Trinajstić information content (AvgIpc) is 1.67. The third-order valence-electron chi connectivity index (χ3n) is 19.3. The zero-order valence-corrected chi connectivity index (χ0v) is 48.0. The highest BCUT2D eigenvalue weighted by Crippen LogP contribution is 2.47. The van der Waals surface area contributed by atoms with Gasteiger partial charge in [-0.15, -0.1) is 0 Å². The second-order valence-corrected chi connectivity index (χ2v) is 25.9. The molecule has 12 aromatic carbocycles. The molecule has 7 nitrogen and oxygen atoms in total. The van der Waals surface area contributed by atoms with Crippen molar-refractivity contribution in [3.63, 3.8) is 0 Å². The zero-order chi connectivity index (χ0) is 56.5. The maximum Gasteiger partial charge on any atom is 0.252 e. The van der Waals surface area contributed by atoms with Crippen molar-refractivity contribution < 1.29 is 0 Å². The summed E-state index contributed by atoms with van der Waals surface area (Å²) in [7, 11) is 0. The van der Waals surface area contributed by atoms with Gasteiger partial charge in [-0.1, -0.05) is 199 Å². The van der Waals surface area contributed by atoms with Gasteiger partial charge in [0.15, 0.2) is 5.82 Å². The lowest BCUT2D eigenvalue weighted by Gasteiger charge is -2.35. The summed E-state index contributed by atoms with van der Waals surface area (Å²) in [5.74, 6) is 1.69. The van der Waals surface area contributed by atoms with Crippen LogP contribution in [0.1, 0.15) is 52.7 Å². The molecule has 5 aromatic heterocycles. The number of benzene rings is 12. The highest BCUT2D eigenvalue weighted by Gasteiger charge is 2.42. The number of fused-ring (bicyclic) bond motifs is 23. The molecule has 17 aromatic rings. The maximum atomic E-state index is 5.75. The van der Waals surface area contributed by atoms with E-state index in [1.807, 2.05) is 0 Å². The average molecular weight is 1090 g/mol. The Labute approximate surface area is 489 Å². The van der Waals surface area contributed by atoms with Crippen LogP contribution in [0.3, 0.4) is 0 Å². The minimum absolute atomic E-state index is 0.0557. The summed E-state index contributed by atoms with van der Waals surface area (Å²) in [6.07, 6.45) is 0. The van der Waals surface area contributed by atoms with E-state index in [1.165, 1.54) is 103 Å². The van der Waals surface area contributed by atoms with Crippen molar-refractivity contribution in [2.45, 2.75) is 52.4 Å². The fourth-order valence-corrected chi connectivity index (χ4v) is 15.5. The summed E-state index contributed by atoms with van der Waals surface area (Å²) in [6, 6.07) is 81.5. The predicted octanol–water partition coefficient (Wildman–Crippen LogP) is 17.1. The van der Waals surface area contributed by atoms with Crippen LogP contribution in [-0.2, 0) is 10.8 Å². The molecule has 8 heteroatoms. The molecular formula is C77H54BN7. The Kier molecular flexibility index (Phi) is 9.04. The van der Waals surface area contributed by atoms with Crippen molar-refractivity contribution in [2.24, 2.45) is 0 Å². The van der Waals surface area contributed by atoms with Crippen LogP contribution >= 0.6 is 0 Å². The number of hydrogen-bond acceptors (Lipinski definition) is 3. The molecule has 2 aliphatic rings. The second kappa shape index (κ2) is 16.3. The largest absolute Gasteiger partial charge is 0.310 e. The van der Waals surface area contributed by atoms with E-state index in [0.29, 0.717) is 17.7 Å². The first-order valence-electron chi connectivity index (χ1n) is 29.8. The van der Waals surface area contributed by atoms with E-state index in [2.05, 4.69) is 278 Å². The molecule has 7 heterocycles. The Bertz CT molecular complexity index is 5620. The fourth-order valence-electron chi connectivity index (χ4n) is 15.5. The third-order valence-corrected chi connectivity index (χ3v) is 19.3. The van der Waals surface area contributed by atoms with Crippen LogP contribution in [0.2, 0.25) is 0 Å². The molecule has 0 N–H and O–H groups in total. The first-order valence-corrected chi connectivity index (χ1v) is 29.8. The number of para-hydroxylation sites is 5. The second-order valence-electron chi connectivity index (χ2n) is 25.9. The minimum Gasteiger partial charge on any atom is -0.310 e. The van der Waals surface area contributed by atoms with E-state index in [1.54, 1.807) is 0 Å². The zero-order valence-electron chi connectivity index (χ0n) is 48.0. The van der Waals surface area contributed by atoms with Crippen molar-refractivity contribution in [1.82, 2.24) is 33.2 Å². The molecule has 0 bridgehead atoms. The predicted molar refractivity (Wildman–Crippen MR) is 357 cm³/mol. The molecular weight excluding hydrogens is 1030 g/mol. The molecule has 0 aliphatic carbocycles. The van der Waals surface area contributed by atoms with Gasteiger partial charge in [-0.25, -0.2) is 0 Å². The Hall–Kier alpha value is -10.3. The van der Waals surface area contributed by atoms with E-state index < -0.39 is 0 Å². The van der Waals surface area contributed by atoms with Gasteiger partial charge in [0.05, 0.1) is 33.1 Å². The lowest BCUT2D eigenvalue weighted by molar-refractivity contribution is 0.590. The van der Waals surface area contributed by atoms with Crippen LogP contribution in [0.25, 0.3) is 154 Å². The molecule has 2 aliphatic heterocycles. The van der Waals surface area contributed by atoms with Crippen LogP contribution in [0, 0.1) is 0 Å². The van der Waals surface area contributed by atoms with E-state index in [0.717, 1.165) is 60.5 Å². The maximum absolute atomic E-state index is 5.75. The van der Waals surface area contributed by atoms with Gasteiger partial charge >= 0.3 is 0 Å². The first kappa shape index (κ1) is 47.2. The highest BCUT2D eigenvalue weighted by molar-refractivity contribution is 7.00. The van der Waals surface area contributed by atoms with Crippen molar-refractivity contribution in [2.75, 3.05) is 0 Å². The smallest absolute Gasteiger partial charge is 0.252 e. The molecule has 0 saturated carbocycles. The summed E-state index contributed by atoms with van der Waals surface area (Å²) in [4.78, 5) is 17.1. The lowest BCUT2D eigenvalue weighted by atomic mass is 9.34. The van der Waals surface area contributed by atoms with E-state index in [-0.39, 0.29) is 17.5 Å². The van der Waals surface area contributed by atoms with Gasteiger partial charge in [-0.2, -0.15) is 15.0 Å². The molecule has 400 valence electrons. The normalized spacial score (nSPS) is 13.3. The molecule has 0 radical (unpaired) electrons. The number of hydrogen-bond donors (Lipinski definition) is 0. The van der Waals surface area contributed by atoms with Crippen molar-refractivity contribution in [3.8, 4) is 34.7 Å². The molecule has 85 heavy (non-hydrogen) atoms. The first-order chi connectivity index (χ1) is 41.5. The number of aromatic nitrogens is 7. The van der Waals surface area contributed by atoms with Crippen molar-refractivity contribution >= 4 is 143 Å². The fraction of sp³-hybridized carbons (Fsp3) is 0.104. The Morgan fingerprint density at radius 3 is 1.29 bits per heavy atom. The van der Waals surface area contributed by atoms with Crippen LogP contribution in [-0.4, -0.2) is 39.9 Å². The molecule has 0 spiro atoms. The summed E-state index contributed by atoms with van der Waals surface area (Å²) >= 11 is 0. The van der Waals surface area contributed by atoms with Gasteiger partial charge in [0.2, 0.25) is 11.9 Å². The SMILES string of the molecule is CC(C)(C)c1ccc2c(c1)c1cc(C(C)(C)C)cc3c1n2-c1cc(-c2nc(-n4c5ccccc5c5ccccc54)nc(-n4c5ccccc5c5ccccc54)n2)cc2c1B3c1cccc3c4c5c6ccccc6c6ccccc6c5ccc4n-2c13. The van der Waals surface area contributed by atoms with E-state index >= 15 is 0 Å². The molecule has 0 amide bonds. The van der Waals surface area contributed by atoms with Crippen LogP contribution < -0.4 is 16.4 Å². The van der Waals surface area contributed by atoms with Crippen LogP contribution in [0.4, 0.5) is 0 Å². The topological polar surface area (TPSA) is 58.4 Å². The Balaban J connectivity index is 1.000. The molecule has 0 saturated heterocycles. The van der Waals surface area contributed by atoms with Gasteiger partial charge in [-0.05, 0) is 126 Å². The van der Waals surface area contributed by atoms with Gasteiger partial charge in [0.25, 0.3) is 6.71 Å². The summed E-state index contributed by atoms with van der Waals surface area (Å²) < 4.78 is 9.70. The number of rotatable bonds is 3. The monoisotopic (exact) mass is 1090 g/mol. The van der Waals surface area contributed by atoms with Crippen molar-refractivity contribution in [1.29, 1.82) is 0 Å². The quantitative estimate of drug-likeness (QED) is 0.131. The summed E-state index contributed by atoms with van der Waals surface area (Å²) in [5.41, 5.74) is 18.6. The van der Waals surface area contributed by atoms with Gasteiger partial charge < -0.3 is 9.13 Å². The lowest BCUT2D eigenvalue weighted by Crippen LogP contribution is -2.59. The van der Waals surface area contributed by atoms with Gasteiger partial charge in [0, 0.05) is 76.4 Å². The third kappa shape index (κ3) is 6.17. The molecule has 0 fully saturated rings. The van der Waals surface area contributed by atoms with Crippen LogP contribution in [0.5, 0.6) is 0 Å². The van der Waals surface area contributed by atoms with Gasteiger partial charge in [-0.3, -0.25) is 9.13 Å². The molecule has 0 unspecified atom stereocenters. The van der Waals surface area contributed by atoms with Gasteiger partial charge in [0.1, 0.15) is 0 Å². The number of nitrogens with zero attached hydrogens (tertiary/aromatic N) is 7. The Morgan fingerprint density at radius 1 is 0.306 bits per heavy atom. The summed E-state index contributed by atoms with van der Waals surface area (Å²) in [5, 5.41) is 17.3. The standard InChI is InChI=1S/C77H54BN7/c1-76(2,3)44-34-36-64-56(40-44)57-41-45(77(4,5)6)42-59-72(57)82(64)66-38-43(39-67-70(66)78(59)58-29-19-28-55-69-65(83(67)71(55)58)37-35-54-48-22-8-7-20-46(48)47-21-9-10-27-53(47)68(54)69)73-79-74(84-60-30-15-11-23-49(60)50-24-12-16-31-61(50)84)81-75(80-73)85-62-32-17-13-25-51(62)52-26-14-18-33-63(52)85/h7-42H,1-6H3.